The molecule has 0 radical (unpaired) electrons. The third-order valence-corrected chi connectivity index (χ3v) is 6.23. The fraction of sp³-hybridized carbons (Fsp3) is 0.320. The summed E-state index contributed by atoms with van der Waals surface area (Å²) in [7, 11) is 0. The SMILES string of the molecule is CCOc1ccccc1NC(=O)C1CCN(c2ccc(=O)n(-c3ccc(C)c(Cl)c3)n2)CC1. The molecule has 1 aromatic heterocycles. The van der Waals surface area contributed by atoms with Gasteiger partial charge in [-0.2, -0.15) is 4.68 Å². The van der Waals surface area contributed by atoms with Gasteiger partial charge < -0.3 is 15.0 Å². The van der Waals surface area contributed by atoms with Gasteiger partial charge in [-0.05, 0) is 62.6 Å². The van der Waals surface area contributed by atoms with Crippen molar-refractivity contribution in [2.45, 2.75) is 26.7 Å². The Hall–Kier alpha value is -3.32. The fourth-order valence-electron chi connectivity index (χ4n) is 3.93. The molecule has 1 aliphatic heterocycles. The first-order valence-electron chi connectivity index (χ1n) is 11.1. The van der Waals surface area contributed by atoms with Crippen molar-refractivity contribution in [2.75, 3.05) is 29.9 Å². The highest BCUT2D eigenvalue weighted by Gasteiger charge is 2.26. The van der Waals surface area contributed by atoms with Gasteiger partial charge in [-0.1, -0.05) is 29.8 Å². The molecule has 7 nitrogen and oxygen atoms in total. The molecule has 33 heavy (non-hydrogen) atoms. The van der Waals surface area contributed by atoms with Crippen molar-refractivity contribution >= 4 is 29.0 Å². The Morgan fingerprint density at radius 2 is 1.91 bits per heavy atom. The maximum absolute atomic E-state index is 12.9. The number of rotatable bonds is 6. The van der Waals surface area contributed by atoms with E-state index in [1.54, 1.807) is 12.1 Å². The number of aromatic nitrogens is 2. The molecule has 0 unspecified atom stereocenters. The summed E-state index contributed by atoms with van der Waals surface area (Å²) in [6, 6.07) is 16.1. The number of para-hydroxylation sites is 2. The van der Waals surface area contributed by atoms with Gasteiger partial charge in [-0.25, -0.2) is 0 Å². The van der Waals surface area contributed by atoms with Crippen LogP contribution in [0, 0.1) is 12.8 Å². The van der Waals surface area contributed by atoms with Crippen LogP contribution in [-0.4, -0.2) is 35.4 Å². The van der Waals surface area contributed by atoms with Gasteiger partial charge in [-0.3, -0.25) is 9.59 Å². The van der Waals surface area contributed by atoms with E-state index in [4.69, 9.17) is 16.3 Å². The molecule has 0 saturated carbocycles. The van der Waals surface area contributed by atoms with Gasteiger partial charge in [0.15, 0.2) is 0 Å². The predicted molar refractivity (Wildman–Crippen MR) is 131 cm³/mol. The summed E-state index contributed by atoms with van der Waals surface area (Å²) in [5, 5.41) is 8.16. The summed E-state index contributed by atoms with van der Waals surface area (Å²) >= 11 is 6.24. The van der Waals surface area contributed by atoms with Crippen molar-refractivity contribution in [1.29, 1.82) is 0 Å². The Bertz CT molecular complexity index is 1200. The molecule has 3 aromatic rings. The molecule has 0 aliphatic carbocycles. The summed E-state index contributed by atoms with van der Waals surface area (Å²) < 4.78 is 6.97. The second-order valence-corrected chi connectivity index (χ2v) is 8.46. The molecule has 172 valence electrons. The van der Waals surface area contributed by atoms with Crippen LogP contribution in [0.15, 0.2) is 59.4 Å². The van der Waals surface area contributed by atoms with E-state index in [2.05, 4.69) is 15.3 Å². The molecule has 0 bridgehead atoms. The van der Waals surface area contributed by atoms with E-state index in [0.717, 1.165) is 5.56 Å². The Morgan fingerprint density at radius 3 is 2.64 bits per heavy atom. The zero-order chi connectivity index (χ0) is 23.4. The number of nitrogens with zero attached hydrogens (tertiary/aromatic N) is 3. The molecular formula is C25H27ClN4O3. The number of aryl methyl sites for hydroxylation is 1. The summed E-state index contributed by atoms with van der Waals surface area (Å²) in [5.74, 6) is 1.27. The monoisotopic (exact) mass is 466 g/mol. The van der Waals surface area contributed by atoms with Crippen LogP contribution in [0.2, 0.25) is 5.02 Å². The second kappa shape index (κ2) is 10.1. The van der Waals surface area contributed by atoms with Gasteiger partial charge in [0.1, 0.15) is 11.6 Å². The van der Waals surface area contributed by atoms with Gasteiger partial charge in [0.2, 0.25) is 5.91 Å². The number of halogens is 1. The lowest BCUT2D eigenvalue weighted by Crippen LogP contribution is -2.39. The Morgan fingerprint density at radius 1 is 1.15 bits per heavy atom. The van der Waals surface area contributed by atoms with Crippen LogP contribution in [0.5, 0.6) is 5.75 Å². The van der Waals surface area contributed by atoms with Crippen molar-refractivity contribution in [1.82, 2.24) is 9.78 Å². The van der Waals surface area contributed by atoms with Gasteiger partial charge >= 0.3 is 0 Å². The Balaban J connectivity index is 1.43. The maximum Gasteiger partial charge on any atom is 0.271 e. The maximum atomic E-state index is 12.9. The van der Waals surface area contributed by atoms with E-state index >= 15 is 0 Å². The van der Waals surface area contributed by atoms with Crippen molar-refractivity contribution < 1.29 is 9.53 Å². The van der Waals surface area contributed by atoms with Crippen LogP contribution < -0.4 is 20.5 Å². The molecule has 0 spiro atoms. The van der Waals surface area contributed by atoms with E-state index in [-0.39, 0.29) is 17.4 Å². The first-order chi connectivity index (χ1) is 16.0. The molecule has 1 amide bonds. The lowest BCUT2D eigenvalue weighted by atomic mass is 9.95. The molecule has 1 aliphatic rings. The summed E-state index contributed by atoms with van der Waals surface area (Å²) in [4.78, 5) is 27.4. The summed E-state index contributed by atoms with van der Waals surface area (Å²) in [6.45, 7) is 5.71. The van der Waals surface area contributed by atoms with Crippen molar-refractivity contribution in [3.63, 3.8) is 0 Å². The first-order valence-corrected chi connectivity index (χ1v) is 11.5. The fourth-order valence-corrected chi connectivity index (χ4v) is 4.10. The van der Waals surface area contributed by atoms with E-state index < -0.39 is 0 Å². The Kier molecular flexibility index (Phi) is 6.99. The second-order valence-electron chi connectivity index (χ2n) is 8.05. The van der Waals surface area contributed by atoms with E-state index in [1.807, 2.05) is 50.2 Å². The lowest BCUT2D eigenvalue weighted by Gasteiger charge is -2.32. The van der Waals surface area contributed by atoms with E-state index in [9.17, 15) is 9.59 Å². The van der Waals surface area contributed by atoms with Crippen molar-refractivity contribution in [2.24, 2.45) is 5.92 Å². The highest BCUT2D eigenvalue weighted by atomic mass is 35.5. The molecule has 4 rings (SSSR count). The Labute approximate surface area is 197 Å². The quantitative estimate of drug-likeness (QED) is 0.580. The van der Waals surface area contributed by atoms with Gasteiger partial charge in [-0.15, -0.1) is 5.10 Å². The number of hydrogen-bond donors (Lipinski definition) is 1. The molecular weight excluding hydrogens is 440 g/mol. The van der Waals surface area contributed by atoms with Crippen LogP contribution in [0.1, 0.15) is 25.3 Å². The minimum absolute atomic E-state index is 0.00553. The van der Waals surface area contributed by atoms with Crippen LogP contribution in [0.4, 0.5) is 11.5 Å². The minimum atomic E-state index is -0.221. The first kappa shape index (κ1) is 22.9. The van der Waals surface area contributed by atoms with Crippen LogP contribution in [0.25, 0.3) is 5.69 Å². The highest BCUT2D eigenvalue weighted by Crippen LogP contribution is 2.27. The number of piperidine rings is 1. The number of ether oxygens (including phenoxy) is 1. The third kappa shape index (κ3) is 5.20. The van der Waals surface area contributed by atoms with Crippen molar-refractivity contribution in [3.05, 3.63) is 75.5 Å². The zero-order valence-corrected chi connectivity index (χ0v) is 19.5. The minimum Gasteiger partial charge on any atom is -0.492 e. The van der Waals surface area contributed by atoms with E-state index in [1.165, 1.54) is 10.7 Å². The zero-order valence-electron chi connectivity index (χ0n) is 18.8. The molecule has 0 atom stereocenters. The number of hydrogen-bond acceptors (Lipinski definition) is 5. The number of carbonyl (C=O) groups excluding carboxylic acids is 1. The summed E-state index contributed by atoms with van der Waals surface area (Å²) in [6.07, 6.45) is 1.39. The van der Waals surface area contributed by atoms with Crippen molar-refractivity contribution in [3.8, 4) is 11.4 Å². The largest absolute Gasteiger partial charge is 0.492 e. The summed E-state index contributed by atoms with van der Waals surface area (Å²) in [5.41, 5.74) is 2.03. The molecule has 1 N–H and O–H groups in total. The highest BCUT2D eigenvalue weighted by molar-refractivity contribution is 6.31. The topological polar surface area (TPSA) is 76.5 Å². The molecule has 1 saturated heterocycles. The standard InChI is InChI=1S/C25H27ClN4O3/c1-3-33-22-7-5-4-6-21(22)27-25(32)18-12-14-29(15-13-18)23-10-11-24(31)30(28-23)19-9-8-17(2)20(26)16-19/h4-11,16,18H,3,12-15H2,1-2H3,(H,27,32). The molecule has 2 heterocycles. The average molecular weight is 467 g/mol. The molecule has 2 aromatic carbocycles. The van der Waals surface area contributed by atoms with Crippen LogP contribution in [-0.2, 0) is 4.79 Å². The predicted octanol–water partition coefficient (Wildman–Crippen LogP) is 4.45. The number of benzene rings is 2. The van der Waals surface area contributed by atoms with Crippen LogP contribution >= 0.6 is 11.6 Å². The normalized spacial score (nSPS) is 14.2. The van der Waals surface area contributed by atoms with Gasteiger partial charge in [0.05, 0.1) is 18.0 Å². The third-order valence-electron chi connectivity index (χ3n) is 5.82. The van der Waals surface area contributed by atoms with Crippen LogP contribution in [0.3, 0.4) is 0 Å². The number of carbonyl (C=O) groups is 1. The number of nitrogens with one attached hydrogen (secondary N) is 1. The number of anilines is 2. The van der Waals surface area contributed by atoms with Gasteiger partial charge in [0, 0.05) is 30.1 Å². The lowest BCUT2D eigenvalue weighted by molar-refractivity contribution is -0.120. The molecule has 1 fully saturated rings. The smallest absolute Gasteiger partial charge is 0.271 e. The number of amides is 1. The van der Waals surface area contributed by atoms with E-state index in [0.29, 0.717) is 60.5 Å². The average Bonchev–Trinajstić information content (AvgIpc) is 2.83. The molecule has 8 heteroatoms. The van der Waals surface area contributed by atoms with Gasteiger partial charge in [0.25, 0.3) is 5.56 Å².